The third-order valence-electron chi connectivity index (χ3n) is 3.78. The van der Waals surface area contributed by atoms with Gasteiger partial charge in [0, 0.05) is 5.56 Å². The Kier molecular flexibility index (Phi) is 3.57. The number of carbonyl (C=O) groups is 2. The smallest absolute Gasteiger partial charge is 0.317 e. The number of esters is 1. The summed E-state index contributed by atoms with van der Waals surface area (Å²) in [5.41, 5.74) is 3.62. The van der Waals surface area contributed by atoms with Crippen LogP contribution in [0.1, 0.15) is 27.0 Å². The molecular formula is C18H16O3. The minimum atomic E-state index is -0.689. The summed E-state index contributed by atoms with van der Waals surface area (Å²) in [5.74, 6) is -1.24. The molecule has 2 aromatic carbocycles. The molecule has 0 heterocycles. The predicted octanol–water partition coefficient (Wildman–Crippen LogP) is 3.09. The van der Waals surface area contributed by atoms with Gasteiger partial charge in [-0.3, -0.25) is 9.59 Å². The highest BCUT2D eigenvalue weighted by Crippen LogP contribution is 2.28. The molecule has 21 heavy (non-hydrogen) atoms. The molecule has 3 nitrogen and oxygen atoms in total. The fourth-order valence-corrected chi connectivity index (χ4v) is 2.65. The first-order valence-corrected chi connectivity index (χ1v) is 6.99. The summed E-state index contributed by atoms with van der Waals surface area (Å²) < 4.78 is 5.28. The van der Waals surface area contributed by atoms with Crippen molar-refractivity contribution in [3.05, 3.63) is 70.8 Å². The van der Waals surface area contributed by atoms with Gasteiger partial charge in [0.15, 0.2) is 5.78 Å². The van der Waals surface area contributed by atoms with Crippen LogP contribution >= 0.6 is 0 Å². The van der Waals surface area contributed by atoms with Gasteiger partial charge in [0.25, 0.3) is 0 Å². The number of ether oxygens (including phenoxy) is 1. The van der Waals surface area contributed by atoms with Gasteiger partial charge in [-0.2, -0.15) is 0 Å². The van der Waals surface area contributed by atoms with Crippen molar-refractivity contribution in [2.75, 3.05) is 0 Å². The van der Waals surface area contributed by atoms with Crippen molar-refractivity contribution in [1.29, 1.82) is 0 Å². The Bertz CT molecular complexity index is 689. The maximum Gasteiger partial charge on any atom is 0.317 e. The number of hydrogen-bond donors (Lipinski definition) is 0. The summed E-state index contributed by atoms with van der Waals surface area (Å²) in [5, 5.41) is 0. The topological polar surface area (TPSA) is 43.4 Å². The van der Waals surface area contributed by atoms with Crippen LogP contribution in [0.2, 0.25) is 0 Å². The fraction of sp³-hybridized carbons (Fsp3) is 0.222. The molecule has 3 heteroatoms. The zero-order valence-electron chi connectivity index (χ0n) is 11.8. The maximum atomic E-state index is 12.3. The zero-order chi connectivity index (χ0) is 14.8. The quantitative estimate of drug-likeness (QED) is 0.641. The van der Waals surface area contributed by atoms with Gasteiger partial charge < -0.3 is 4.74 Å². The molecule has 0 radical (unpaired) electrons. The molecule has 0 saturated carbocycles. The van der Waals surface area contributed by atoms with Crippen molar-refractivity contribution in [3.8, 4) is 0 Å². The van der Waals surface area contributed by atoms with Crippen LogP contribution in [0.3, 0.4) is 0 Å². The molecule has 0 spiro atoms. The van der Waals surface area contributed by atoms with Crippen LogP contribution in [-0.4, -0.2) is 11.8 Å². The van der Waals surface area contributed by atoms with E-state index in [1.165, 1.54) is 0 Å². The molecule has 0 saturated heterocycles. The Morgan fingerprint density at radius 1 is 1.19 bits per heavy atom. The summed E-state index contributed by atoms with van der Waals surface area (Å²) in [6.45, 7) is 2.19. The van der Waals surface area contributed by atoms with E-state index in [0.717, 1.165) is 16.7 Å². The van der Waals surface area contributed by atoms with Crippen molar-refractivity contribution in [2.45, 2.75) is 20.0 Å². The first kappa shape index (κ1) is 13.6. The van der Waals surface area contributed by atoms with Gasteiger partial charge in [0.2, 0.25) is 0 Å². The van der Waals surface area contributed by atoms with Crippen molar-refractivity contribution in [2.24, 2.45) is 5.92 Å². The number of benzene rings is 2. The minimum Gasteiger partial charge on any atom is -0.460 e. The molecule has 2 aromatic rings. The third kappa shape index (κ3) is 2.72. The van der Waals surface area contributed by atoms with E-state index in [4.69, 9.17) is 4.74 Å². The number of aryl methyl sites for hydroxylation is 1. The van der Waals surface area contributed by atoms with Crippen LogP contribution in [0.4, 0.5) is 0 Å². The molecule has 1 atom stereocenters. The highest BCUT2D eigenvalue weighted by Gasteiger charge is 2.36. The Hall–Kier alpha value is -2.42. The molecule has 106 valence electrons. The summed E-state index contributed by atoms with van der Waals surface area (Å²) in [4.78, 5) is 24.4. The largest absolute Gasteiger partial charge is 0.460 e. The van der Waals surface area contributed by atoms with E-state index in [9.17, 15) is 9.59 Å². The number of carbonyl (C=O) groups excluding carboxylic acids is 2. The Morgan fingerprint density at radius 3 is 2.71 bits per heavy atom. The van der Waals surface area contributed by atoms with Crippen molar-refractivity contribution < 1.29 is 14.3 Å². The lowest BCUT2D eigenvalue weighted by Crippen LogP contribution is -2.23. The van der Waals surface area contributed by atoms with E-state index in [1.54, 1.807) is 6.07 Å². The van der Waals surface area contributed by atoms with Crippen LogP contribution < -0.4 is 0 Å². The monoisotopic (exact) mass is 280 g/mol. The van der Waals surface area contributed by atoms with Gasteiger partial charge in [-0.05, 0) is 24.5 Å². The van der Waals surface area contributed by atoms with Crippen molar-refractivity contribution in [1.82, 2.24) is 0 Å². The predicted molar refractivity (Wildman–Crippen MR) is 78.9 cm³/mol. The van der Waals surface area contributed by atoms with Gasteiger partial charge in [-0.15, -0.1) is 0 Å². The van der Waals surface area contributed by atoms with E-state index in [2.05, 4.69) is 0 Å². The standard InChI is InChI=1S/C18H16O3/c1-12-7-8-15-14(9-12)10-16(17(15)19)18(20)21-11-13-5-3-2-4-6-13/h2-9,16H,10-11H2,1H3. The molecule has 0 aromatic heterocycles. The van der Waals surface area contributed by atoms with Crippen LogP contribution in [0.15, 0.2) is 48.5 Å². The first-order chi connectivity index (χ1) is 10.1. The van der Waals surface area contributed by atoms with Gasteiger partial charge in [0.05, 0.1) is 0 Å². The molecule has 0 aliphatic heterocycles. The number of hydrogen-bond acceptors (Lipinski definition) is 3. The number of Topliss-reactive ketones (excluding diaryl/α,β-unsaturated/α-hetero) is 1. The van der Waals surface area contributed by atoms with Gasteiger partial charge in [-0.1, -0.05) is 54.1 Å². The van der Waals surface area contributed by atoms with E-state index in [-0.39, 0.29) is 12.4 Å². The normalized spacial score (nSPS) is 16.6. The summed E-state index contributed by atoms with van der Waals surface area (Å²) in [6.07, 6.45) is 0.448. The van der Waals surface area contributed by atoms with Crippen LogP contribution in [0, 0.1) is 12.8 Å². The van der Waals surface area contributed by atoms with Gasteiger partial charge in [-0.25, -0.2) is 0 Å². The number of fused-ring (bicyclic) bond motifs is 1. The SMILES string of the molecule is Cc1ccc2c(c1)CC(C(=O)OCc1ccccc1)C2=O. The lowest BCUT2D eigenvalue weighted by Gasteiger charge is -2.08. The van der Waals surface area contributed by atoms with Crippen molar-refractivity contribution in [3.63, 3.8) is 0 Å². The first-order valence-electron chi connectivity index (χ1n) is 6.99. The second-order valence-corrected chi connectivity index (χ2v) is 5.37. The second-order valence-electron chi connectivity index (χ2n) is 5.37. The van der Waals surface area contributed by atoms with Crippen molar-refractivity contribution >= 4 is 11.8 Å². The Balaban J connectivity index is 1.68. The molecule has 1 aliphatic carbocycles. The molecule has 0 bridgehead atoms. The number of ketones is 1. The van der Waals surface area contributed by atoms with Gasteiger partial charge in [0.1, 0.15) is 12.5 Å². The molecular weight excluding hydrogens is 264 g/mol. The average Bonchev–Trinajstić information content (AvgIpc) is 2.82. The fourth-order valence-electron chi connectivity index (χ4n) is 2.65. The minimum absolute atomic E-state index is 0.122. The van der Waals surface area contributed by atoms with E-state index in [0.29, 0.717) is 12.0 Å². The molecule has 3 rings (SSSR count). The highest BCUT2D eigenvalue weighted by atomic mass is 16.5. The van der Waals surface area contributed by atoms with Crippen LogP contribution in [0.25, 0.3) is 0 Å². The molecule has 1 unspecified atom stereocenters. The number of rotatable bonds is 3. The molecule has 1 aliphatic rings. The summed E-state index contributed by atoms with van der Waals surface area (Å²) in [7, 11) is 0. The van der Waals surface area contributed by atoms with E-state index >= 15 is 0 Å². The summed E-state index contributed by atoms with van der Waals surface area (Å²) >= 11 is 0. The lowest BCUT2D eigenvalue weighted by molar-refractivity contribution is -0.147. The highest BCUT2D eigenvalue weighted by molar-refractivity contribution is 6.12. The van der Waals surface area contributed by atoms with E-state index in [1.807, 2.05) is 49.4 Å². The average molecular weight is 280 g/mol. The van der Waals surface area contributed by atoms with Crippen LogP contribution in [0.5, 0.6) is 0 Å². The van der Waals surface area contributed by atoms with Crippen LogP contribution in [-0.2, 0) is 22.6 Å². The maximum absolute atomic E-state index is 12.3. The second kappa shape index (κ2) is 5.52. The molecule has 0 fully saturated rings. The van der Waals surface area contributed by atoms with Gasteiger partial charge >= 0.3 is 5.97 Å². The molecule has 0 amide bonds. The van der Waals surface area contributed by atoms with E-state index < -0.39 is 11.9 Å². The lowest BCUT2D eigenvalue weighted by atomic mass is 10.1. The zero-order valence-corrected chi connectivity index (χ0v) is 11.8. The third-order valence-corrected chi connectivity index (χ3v) is 3.78. The summed E-state index contributed by atoms with van der Waals surface area (Å²) in [6, 6.07) is 15.1. The molecule has 0 N–H and O–H groups in total. The Labute approximate surface area is 123 Å². The Morgan fingerprint density at radius 2 is 1.95 bits per heavy atom.